The molecule has 1 aliphatic heterocycles. The molecule has 6 nitrogen and oxygen atoms in total. The maximum absolute atomic E-state index is 12.3. The third-order valence-electron chi connectivity index (χ3n) is 4.76. The highest BCUT2D eigenvalue weighted by molar-refractivity contribution is 5.94. The minimum absolute atomic E-state index is 0.0579. The highest BCUT2D eigenvalue weighted by Crippen LogP contribution is 2.16. The highest BCUT2D eigenvalue weighted by Gasteiger charge is 2.19. The van der Waals surface area contributed by atoms with Crippen LogP contribution in [-0.2, 0) is 11.3 Å². The Balaban J connectivity index is 1.51. The summed E-state index contributed by atoms with van der Waals surface area (Å²) in [4.78, 5) is 21.5. The molecule has 2 aromatic rings. The number of amides is 1. The third-order valence-corrected chi connectivity index (χ3v) is 4.76. The number of aromatic nitrogens is 1. The van der Waals surface area contributed by atoms with Crippen LogP contribution >= 0.6 is 0 Å². The van der Waals surface area contributed by atoms with Crippen molar-refractivity contribution in [3.05, 3.63) is 59.8 Å². The summed E-state index contributed by atoms with van der Waals surface area (Å²) in [5.74, 6) is 0.816. The minimum Gasteiger partial charge on any atom is -0.385 e. The number of benzene rings is 1. The molecule has 1 N–H and O–H groups in total. The Morgan fingerprint density at radius 1 is 1.15 bits per heavy atom. The first-order valence-electron chi connectivity index (χ1n) is 9.50. The zero-order chi connectivity index (χ0) is 18.9. The standard InChI is InChI=1S/C21H28N4O2/c1-27-15-5-9-23-21(26)19-8-10-22-20(16-19)25-13-11-24(12-14-25)17-18-6-3-2-4-7-18/h2-4,6-8,10,16H,5,9,11-15,17H2,1H3,(H,23,26). The monoisotopic (exact) mass is 368 g/mol. The molecular formula is C21H28N4O2. The van der Waals surface area contributed by atoms with Gasteiger partial charge in [-0.25, -0.2) is 4.98 Å². The number of nitrogens with zero attached hydrogens (tertiary/aromatic N) is 3. The van der Waals surface area contributed by atoms with E-state index in [9.17, 15) is 4.79 Å². The van der Waals surface area contributed by atoms with Crippen LogP contribution < -0.4 is 10.2 Å². The second-order valence-corrected chi connectivity index (χ2v) is 6.75. The molecule has 27 heavy (non-hydrogen) atoms. The molecule has 0 aliphatic carbocycles. The largest absolute Gasteiger partial charge is 0.385 e. The second kappa shape index (κ2) is 10.0. The molecule has 0 atom stereocenters. The fourth-order valence-electron chi connectivity index (χ4n) is 3.23. The Kier molecular flexibility index (Phi) is 7.19. The molecular weight excluding hydrogens is 340 g/mol. The lowest BCUT2D eigenvalue weighted by atomic mass is 10.2. The van der Waals surface area contributed by atoms with Crippen molar-refractivity contribution in [2.24, 2.45) is 0 Å². The molecule has 1 aromatic heterocycles. The van der Waals surface area contributed by atoms with E-state index in [2.05, 4.69) is 44.4 Å². The van der Waals surface area contributed by atoms with Gasteiger partial charge in [-0.1, -0.05) is 30.3 Å². The molecule has 1 fully saturated rings. The molecule has 1 saturated heterocycles. The van der Waals surface area contributed by atoms with Crippen LogP contribution in [0.2, 0.25) is 0 Å². The summed E-state index contributed by atoms with van der Waals surface area (Å²) in [5.41, 5.74) is 2.00. The summed E-state index contributed by atoms with van der Waals surface area (Å²) in [6.45, 7) is 6.05. The number of carbonyl (C=O) groups excluding carboxylic acids is 1. The Morgan fingerprint density at radius 3 is 2.67 bits per heavy atom. The van der Waals surface area contributed by atoms with E-state index in [0.29, 0.717) is 18.7 Å². The molecule has 3 rings (SSSR count). The Morgan fingerprint density at radius 2 is 1.93 bits per heavy atom. The number of hydrogen-bond donors (Lipinski definition) is 1. The summed E-state index contributed by atoms with van der Waals surface area (Å²) in [5, 5.41) is 2.92. The van der Waals surface area contributed by atoms with Gasteiger partial charge in [-0.3, -0.25) is 9.69 Å². The van der Waals surface area contributed by atoms with Gasteiger partial charge in [0.15, 0.2) is 0 Å². The topological polar surface area (TPSA) is 57.7 Å². The Hall–Kier alpha value is -2.44. The average Bonchev–Trinajstić information content (AvgIpc) is 2.72. The molecule has 1 aliphatic rings. The van der Waals surface area contributed by atoms with Gasteiger partial charge in [0.05, 0.1) is 0 Å². The average molecular weight is 368 g/mol. The molecule has 0 radical (unpaired) electrons. The maximum Gasteiger partial charge on any atom is 0.251 e. The van der Waals surface area contributed by atoms with E-state index in [4.69, 9.17) is 4.74 Å². The summed E-state index contributed by atoms with van der Waals surface area (Å²) in [7, 11) is 1.66. The SMILES string of the molecule is COCCCNC(=O)c1ccnc(N2CCN(Cc3ccccc3)CC2)c1. The normalized spacial score (nSPS) is 14.9. The number of methoxy groups -OCH3 is 1. The molecule has 1 amide bonds. The van der Waals surface area contributed by atoms with Gasteiger partial charge >= 0.3 is 0 Å². The van der Waals surface area contributed by atoms with Crippen LogP contribution in [0.3, 0.4) is 0 Å². The fourth-order valence-corrected chi connectivity index (χ4v) is 3.23. The summed E-state index contributed by atoms with van der Waals surface area (Å²) in [6, 6.07) is 14.2. The number of pyridine rings is 1. The van der Waals surface area contributed by atoms with Crippen LogP contribution in [0.1, 0.15) is 22.3 Å². The number of nitrogens with one attached hydrogen (secondary N) is 1. The van der Waals surface area contributed by atoms with Crippen LogP contribution in [0, 0.1) is 0 Å². The summed E-state index contributed by atoms with van der Waals surface area (Å²) < 4.78 is 5.00. The molecule has 0 spiro atoms. The molecule has 2 heterocycles. The fraction of sp³-hybridized carbons (Fsp3) is 0.429. The number of piperazine rings is 1. The lowest BCUT2D eigenvalue weighted by molar-refractivity contribution is 0.0948. The van der Waals surface area contributed by atoms with Gasteiger partial charge in [0.2, 0.25) is 0 Å². The zero-order valence-electron chi connectivity index (χ0n) is 15.9. The van der Waals surface area contributed by atoms with Gasteiger partial charge in [-0.05, 0) is 24.1 Å². The second-order valence-electron chi connectivity index (χ2n) is 6.75. The van der Waals surface area contributed by atoms with Gasteiger partial charge in [0.1, 0.15) is 5.82 Å². The van der Waals surface area contributed by atoms with Gasteiger partial charge in [0, 0.05) is 64.7 Å². The van der Waals surface area contributed by atoms with Crippen molar-refractivity contribution in [3.8, 4) is 0 Å². The highest BCUT2D eigenvalue weighted by atomic mass is 16.5. The van der Waals surface area contributed by atoms with E-state index in [0.717, 1.165) is 45.0 Å². The van der Waals surface area contributed by atoms with E-state index in [1.54, 1.807) is 19.4 Å². The smallest absolute Gasteiger partial charge is 0.251 e. The molecule has 0 bridgehead atoms. The van der Waals surface area contributed by atoms with Crippen LogP contribution in [0.15, 0.2) is 48.7 Å². The number of anilines is 1. The van der Waals surface area contributed by atoms with E-state index in [-0.39, 0.29) is 5.91 Å². The van der Waals surface area contributed by atoms with Crippen LogP contribution in [-0.4, -0.2) is 62.2 Å². The Labute approximate surface area is 161 Å². The van der Waals surface area contributed by atoms with Crippen molar-refractivity contribution < 1.29 is 9.53 Å². The van der Waals surface area contributed by atoms with Crippen molar-refractivity contribution in [2.75, 3.05) is 51.3 Å². The number of hydrogen-bond acceptors (Lipinski definition) is 5. The third kappa shape index (κ3) is 5.77. The number of carbonyl (C=O) groups is 1. The maximum atomic E-state index is 12.3. The predicted molar refractivity (Wildman–Crippen MR) is 107 cm³/mol. The zero-order valence-corrected chi connectivity index (χ0v) is 15.9. The predicted octanol–water partition coefficient (Wildman–Crippen LogP) is 2.17. The van der Waals surface area contributed by atoms with Crippen molar-refractivity contribution in [2.45, 2.75) is 13.0 Å². The number of ether oxygens (including phenoxy) is 1. The molecule has 6 heteroatoms. The summed E-state index contributed by atoms with van der Waals surface area (Å²) in [6.07, 6.45) is 2.53. The van der Waals surface area contributed by atoms with Gasteiger partial charge in [-0.2, -0.15) is 0 Å². The van der Waals surface area contributed by atoms with Crippen molar-refractivity contribution in [3.63, 3.8) is 0 Å². The molecule has 144 valence electrons. The van der Waals surface area contributed by atoms with Gasteiger partial charge in [-0.15, -0.1) is 0 Å². The van der Waals surface area contributed by atoms with Crippen LogP contribution in [0.25, 0.3) is 0 Å². The minimum atomic E-state index is -0.0579. The van der Waals surface area contributed by atoms with E-state index in [1.165, 1.54) is 5.56 Å². The van der Waals surface area contributed by atoms with Crippen molar-refractivity contribution in [1.29, 1.82) is 0 Å². The van der Waals surface area contributed by atoms with E-state index < -0.39 is 0 Å². The molecule has 1 aromatic carbocycles. The quantitative estimate of drug-likeness (QED) is 0.724. The molecule has 0 unspecified atom stereocenters. The summed E-state index contributed by atoms with van der Waals surface area (Å²) >= 11 is 0. The van der Waals surface area contributed by atoms with Crippen LogP contribution in [0.4, 0.5) is 5.82 Å². The van der Waals surface area contributed by atoms with Crippen molar-refractivity contribution in [1.82, 2.24) is 15.2 Å². The first-order valence-corrected chi connectivity index (χ1v) is 9.50. The number of rotatable bonds is 8. The lowest BCUT2D eigenvalue weighted by Gasteiger charge is -2.35. The Bertz CT molecular complexity index is 715. The first kappa shape index (κ1) is 19.3. The molecule has 0 saturated carbocycles. The van der Waals surface area contributed by atoms with E-state index >= 15 is 0 Å². The van der Waals surface area contributed by atoms with E-state index in [1.807, 2.05) is 12.1 Å². The van der Waals surface area contributed by atoms with Crippen molar-refractivity contribution >= 4 is 11.7 Å². The first-order chi connectivity index (χ1) is 13.3. The van der Waals surface area contributed by atoms with Gasteiger partial charge < -0.3 is 15.0 Å². The van der Waals surface area contributed by atoms with Gasteiger partial charge in [0.25, 0.3) is 5.91 Å². The van der Waals surface area contributed by atoms with Crippen LogP contribution in [0.5, 0.6) is 0 Å². The lowest BCUT2D eigenvalue weighted by Crippen LogP contribution is -2.46.